The summed E-state index contributed by atoms with van der Waals surface area (Å²) in [6.45, 7) is -0.0110. The highest BCUT2D eigenvalue weighted by Crippen LogP contribution is 2.33. The Bertz CT molecular complexity index is 677. The third-order valence-corrected chi connectivity index (χ3v) is 3.34. The molecule has 1 aromatic heterocycles. The summed E-state index contributed by atoms with van der Waals surface area (Å²) in [4.78, 5) is 33.6. The maximum atomic E-state index is 12.3. The zero-order chi connectivity index (χ0) is 14.3. The summed E-state index contributed by atoms with van der Waals surface area (Å²) in [7, 11) is 0. The second-order valence-corrected chi connectivity index (χ2v) is 4.66. The van der Waals surface area contributed by atoms with E-state index in [2.05, 4.69) is 9.97 Å². The number of nitrogens with zero attached hydrogens (tertiary/aromatic N) is 3. The van der Waals surface area contributed by atoms with Crippen LogP contribution in [0.5, 0.6) is 0 Å². The topological polar surface area (TPSA) is 89.2 Å². The Morgan fingerprint density at radius 3 is 2.40 bits per heavy atom. The van der Waals surface area contributed by atoms with Crippen LogP contribution in [0.25, 0.3) is 0 Å². The predicted octanol–water partition coefficient (Wildman–Crippen LogP) is 1.51. The Labute approximate surface area is 119 Å². The van der Waals surface area contributed by atoms with Gasteiger partial charge in [-0.1, -0.05) is 11.6 Å². The molecule has 0 unspecified atom stereocenters. The number of carbonyl (C=O) groups excluding carboxylic acids is 2. The first-order valence-electron chi connectivity index (χ1n) is 5.79. The quantitative estimate of drug-likeness (QED) is 0.668. The Morgan fingerprint density at radius 2 is 1.75 bits per heavy atom. The Balaban J connectivity index is 2.02. The van der Waals surface area contributed by atoms with E-state index in [0.717, 1.165) is 4.90 Å². The van der Waals surface area contributed by atoms with E-state index in [1.54, 1.807) is 18.5 Å². The number of rotatable bonds is 2. The number of carbonyl (C=O) groups is 2. The highest BCUT2D eigenvalue weighted by Gasteiger charge is 2.39. The fraction of sp³-hybridized carbons (Fsp3) is 0.0769. The van der Waals surface area contributed by atoms with Gasteiger partial charge in [0, 0.05) is 18.1 Å². The molecule has 7 heteroatoms. The molecule has 2 N–H and O–H groups in total. The molecule has 1 aliphatic rings. The highest BCUT2D eigenvalue weighted by molar-refractivity contribution is 6.37. The normalized spacial score (nSPS) is 13.8. The fourth-order valence-electron chi connectivity index (χ4n) is 2.09. The van der Waals surface area contributed by atoms with Crippen molar-refractivity contribution in [2.75, 3.05) is 5.73 Å². The zero-order valence-electron chi connectivity index (χ0n) is 10.2. The first-order chi connectivity index (χ1) is 9.59. The average molecular weight is 289 g/mol. The molecule has 0 radical (unpaired) electrons. The molecule has 0 aliphatic carbocycles. The number of amides is 2. The molecule has 2 aromatic rings. The number of benzene rings is 1. The summed E-state index contributed by atoms with van der Waals surface area (Å²) < 4.78 is 0. The van der Waals surface area contributed by atoms with Gasteiger partial charge in [0.05, 0.1) is 22.7 Å². The molecule has 6 nitrogen and oxygen atoms in total. The van der Waals surface area contributed by atoms with Gasteiger partial charge in [-0.05, 0) is 18.2 Å². The largest absolute Gasteiger partial charge is 0.398 e. The molecule has 1 aliphatic heterocycles. The smallest absolute Gasteiger partial charge is 0.264 e. The van der Waals surface area contributed by atoms with E-state index in [1.165, 1.54) is 12.1 Å². The monoisotopic (exact) mass is 288 g/mol. The second kappa shape index (κ2) is 4.57. The molecule has 0 fully saturated rings. The molecule has 0 saturated carbocycles. The van der Waals surface area contributed by atoms with Crippen molar-refractivity contribution in [3.63, 3.8) is 0 Å². The fourth-order valence-corrected chi connectivity index (χ4v) is 2.33. The van der Waals surface area contributed by atoms with Crippen molar-refractivity contribution in [1.29, 1.82) is 0 Å². The molecule has 0 saturated heterocycles. The third kappa shape index (κ3) is 1.81. The minimum Gasteiger partial charge on any atom is -0.398 e. The van der Waals surface area contributed by atoms with Crippen LogP contribution in [0.4, 0.5) is 5.69 Å². The summed E-state index contributed by atoms with van der Waals surface area (Å²) in [5, 5.41) is 0.212. The number of aromatic nitrogens is 2. The molecule has 2 amide bonds. The van der Waals surface area contributed by atoms with Crippen LogP contribution in [-0.2, 0) is 6.54 Å². The van der Waals surface area contributed by atoms with Gasteiger partial charge in [-0.3, -0.25) is 14.5 Å². The van der Waals surface area contributed by atoms with E-state index in [0.29, 0.717) is 5.82 Å². The standard InChI is InChI=1S/C13H9ClN4O2/c14-7-2-3-8(15)11-10(7)12(19)18(13(11)20)6-9-16-4-1-5-17-9/h1-5H,6,15H2. The lowest BCUT2D eigenvalue weighted by molar-refractivity contribution is 0.0638. The first-order valence-corrected chi connectivity index (χ1v) is 6.17. The Morgan fingerprint density at radius 1 is 1.10 bits per heavy atom. The second-order valence-electron chi connectivity index (χ2n) is 4.25. The van der Waals surface area contributed by atoms with E-state index in [9.17, 15) is 9.59 Å². The number of halogens is 1. The molecule has 0 bridgehead atoms. The molecule has 0 atom stereocenters. The van der Waals surface area contributed by atoms with Gasteiger partial charge in [0.25, 0.3) is 11.8 Å². The van der Waals surface area contributed by atoms with Crippen LogP contribution in [0.2, 0.25) is 5.02 Å². The van der Waals surface area contributed by atoms with Crippen molar-refractivity contribution in [2.45, 2.75) is 6.54 Å². The van der Waals surface area contributed by atoms with Crippen LogP contribution >= 0.6 is 11.6 Å². The van der Waals surface area contributed by atoms with E-state index in [-0.39, 0.29) is 28.4 Å². The van der Waals surface area contributed by atoms with E-state index in [4.69, 9.17) is 17.3 Å². The van der Waals surface area contributed by atoms with Crippen LogP contribution in [0.1, 0.15) is 26.5 Å². The Hall–Kier alpha value is -2.47. The van der Waals surface area contributed by atoms with Gasteiger partial charge in [0.1, 0.15) is 5.82 Å². The van der Waals surface area contributed by atoms with Gasteiger partial charge < -0.3 is 5.73 Å². The maximum absolute atomic E-state index is 12.3. The van der Waals surface area contributed by atoms with Crippen molar-refractivity contribution in [3.8, 4) is 0 Å². The SMILES string of the molecule is Nc1ccc(Cl)c2c1C(=O)N(Cc1ncccn1)C2=O. The lowest BCUT2D eigenvalue weighted by Crippen LogP contribution is -2.30. The summed E-state index contributed by atoms with van der Waals surface area (Å²) in [5.41, 5.74) is 6.29. The molecule has 0 spiro atoms. The third-order valence-electron chi connectivity index (χ3n) is 3.02. The van der Waals surface area contributed by atoms with Crippen molar-refractivity contribution < 1.29 is 9.59 Å². The number of nitrogens with two attached hydrogens (primary N) is 1. The van der Waals surface area contributed by atoms with Crippen molar-refractivity contribution in [1.82, 2.24) is 14.9 Å². The van der Waals surface area contributed by atoms with Crippen LogP contribution in [0.15, 0.2) is 30.6 Å². The van der Waals surface area contributed by atoms with Crippen molar-refractivity contribution >= 4 is 29.1 Å². The molecule has 3 rings (SSSR count). The predicted molar refractivity (Wildman–Crippen MR) is 72.1 cm³/mol. The molecular formula is C13H9ClN4O2. The van der Waals surface area contributed by atoms with E-state index < -0.39 is 11.8 Å². The average Bonchev–Trinajstić information content (AvgIpc) is 2.70. The van der Waals surface area contributed by atoms with Crippen LogP contribution in [-0.4, -0.2) is 26.7 Å². The molecule has 100 valence electrons. The van der Waals surface area contributed by atoms with E-state index in [1.807, 2.05) is 0 Å². The summed E-state index contributed by atoms with van der Waals surface area (Å²) in [6.07, 6.45) is 3.09. The van der Waals surface area contributed by atoms with Crippen LogP contribution in [0.3, 0.4) is 0 Å². The molecular weight excluding hydrogens is 280 g/mol. The minimum atomic E-state index is -0.477. The summed E-state index contributed by atoms with van der Waals surface area (Å²) >= 11 is 5.98. The van der Waals surface area contributed by atoms with Gasteiger partial charge in [0.15, 0.2) is 0 Å². The lowest BCUT2D eigenvalue weighted by atomic mass is 10.1. The zero-order valence-corrected chi connectivity index (χ0v) is 11.0. The van der Waals surface area contributed by atoms with Gasteiger partial charge in [-0.2, -0.15) is 0 Å². The van der Waals surface area contributed by atoms with Crippen molar-refractivity contribution in [2.24, 2.45) is 0 Å². The number of hydrogen-bond acceptors (Lipinski definition) is 5. The first kappa shape index (κ1) is 12.6. The van der Waals surface area contributed by atoms with Crippen LogP contribution < -0.4 is 5.73 Å². The van der Waals surface area contributed by atoms with Gasteiger partial charge in [-0.25, -0.2) is 9.97 Å². The molecule has 2 heterocycles. The van der Waals surface area contributed by atoms with E-state index >= 15 is 0 Å². The highest BCUT2D eigenvalue weighted by atomic mass is 35.5. The summed E-state index contributed by atoms with van der Waals surface area (Å²) in [5.74, 6) is -0.580. The maximum Gasteiger partial charge on any atom is 0.264 e. The summed E-state index contributed by atoms with van der Waals surface area (Å²) in [6, 6.07) is 4.67. The number of hydrogen-bond donors (Lipinski definition) is 1. The van der Waals surface area contributed by atoms with Gasteiger partial charge in [0.2, 0.25) is 0 Å². The molecule has 20 heavy (non-hydrogen) atoms. The minimum absolute atomic E-state index is 0.0110. The van der Waals surface area contributed by atoms with Gasteiger partial charge in [-0.15, -0.1) is 0 Å². The molecule has 1 aromatic carbocycles. The van der Waals surface area contributed by atoms with Crippen LogP contribution in [0, 0.1) is 0 Å². The van der Waals surface area contributed by atoms with Gasteiger partial charge >= 0.3 is 0 Å². The number of nitrogen functional groups attached to an aromatic ring is 1. The Kier molecular flexibility index (Phi) is 2.87. The number of imide groups is 1. The number of anilines is 1. The van der Waals surface area contributed by atoms with Crippen molar-refractivity contribution in [3.05, 3.63) is 52.6 Å². The lowest BCUT2D eigenvalue weighted by Gasteiger charge is -2.12. The number of fused-ring (bicyclic) bond motifs is 1.